The van der Waals surface area contributed by atoms with Crippen molar-refractivity contribution in [2.24, 2.45) is 0 Å². The van der Waals surface area contributed by atoms with Gasteiger partial charge in [-0.15, -0.1) is 0 Å². The van der Waals surface area contributed by atoms with Gasteiger partial charge in [-0.05, 0) is 20.8 Å². The van der Waals surface area contributed by atoms with Gasteiger partial charge in [0.25, 0.3) is 0 Å². The van der Waals surface area contributed by atoms with Crippen LogP contribution in [0.1, 0.15) is 19.5 Å². The van der Waals surface area contributed by atoms with E-state index >= 15 is 0 Å². The number of halogens is 1. The molecule has 0 aliphatic rings. The van der Waals surface area contributed by atoms with Crippen LogP contribution in [0, 0.1) is 6.92 Å². The summed E-state index contributed by atoms with van der Waals surface area (Å²) in [5.74, 6) is 1.14. The number of hydrogen-bond acceptors (Lipinski definition) is 4. The lowest BCUT2D eigenvalue weighted by atomic mass is 10.4. The van der Waals surface area contributed by atoms with Crippen molar-refractivity contribution in [3.05, 3.63) is 22.8 Å². The molecule has 1 aromatic heterocycles. The Balaban J connectivity index is 2.77. The predicted molar refractivity (Wildman–Crippen MR) is 69.1 cm³/mol. The van der Waals surface area contributed by atoms with Crippen molar-refractivity contribution in [2.75, 3.05) is 11.9 Å². The normalized spacial score (nSPS) is 10.3. The van der Waals surface area contributed by atoms with Crippen LogP contribution in [-0.4, -0.2) is 22.6 Å². The highest BCUT2D eigenvalue weighted by molar-refractivity contribution is 9.11. The van der Waals surface area contributed by atoms with Gasteiger partial charge >= 0.3 is 0 Å². The molecule has 0 unspecified atom stereocenters. The number of anilines is 1. The molecule has 0 radical (unpaired) electrons. The monoisotopic (exact) mass is 285 g/mol. The molecule has 1 rings (SSSR count). The highest BCUT2D eigenvalue weighted by atomic mass is 79.9. The fourth-order valence-electron chi connectivity index (χ4n) is 1.09. The molecule has 0 aliphatic heterocycles. The Morgan fingerprint density at radius 3 is 2.81 bits per heavy atom. The van der Waals surface area contributed by atoms with Crippen LogP contribution in [-0.2, 0) is 0 Å². The van der Waals surface area contributed by atoms with Crippen molar-refractivity contribution < 1.29 is 4.74 Å². The minimum atomic E-state index is 0.292. The Bertz CT molecular complexity index is 379. The molecule has 0 saturated carbocycles. The molecule has 16 heavy (non-hydrogen) atoms. The smallest absolute Gasteiger partial charge is 0.226 e. The van der Waals surface area contributed by atoms with Gasteiger partial charge in [0.2, 0.25) is 11.8 Å². The molecule has 4 nitrogen and oxygen atoms in total. The summed E-state index contributed by atoms with van der Waals surface area (Å²) >= 11 is 3.23. The maximum atomic E-state index is 5.43. The van der Waals surface area contributed by atoms with Gasteiger partial charge in [0.15, 0.2) is 0 Å². The van der Waals surface area contributed by atoms with Gasteiger partial charge in [-0.1, -0.05) is 22.5 Å². The maximum absolute atomic E-state index is 5.43. The zero-order valence-corrected chi connectivity index (χ0v) is 11.3. The van der Waals surface area contributed by atoms with Gasteiger partial charge in [-0.25, -0.2) is 4.98 Å². The molecular weight excluding hydrogens is 270 g/mol. The lowest BCUT2D eigenvalue weighted by Crippen LogP contribution is -2.13. The number of ether oxygens (including phenoxy) is 1. The number of aryl methyl sites for hydroxylation is 1. The summed E-state index contributed by atoms with van der Waals surface area (Å²) in [7, 11) is 0. The molecule has 0 aliphatic carbocycles. The van der Waals surface area contributed by atoms with E-state index in [1.54, 1.807) is 6.07 Å². The van der Waals surface area contributed by atoms with Crippen molar-refractivity contribution in [2.45, 2.75) is 26.8 Å². The fraction of sp³-hybridized carbons (Fsp3) is 0.455. The summed E-state index contributed by atoms with van der Waals surface area (Å²) in [6.07, 6.45) is 0. The fourth-order valence-corrected chi connectivity index (χ4v) is 1.20. The van der Waals surface area contributed by atoms with Crippen LogP contribution >= 0.6 is 15.9 Å². The molecule has 0 atom stereocenters. The van der Waals surface area contributed by atoms with Gasteiger partial charge in [0.1, 0.15) is 6.61 Å². The third-order valence-corrected chi connectivity index (χ3v) is 1.85. The first kappa shape index (κ1) is 13.0. The average Bonchev–Trinajstić information content (AvgIpc) is 2.12. The Morgan fingerprint density at radius 1 is 1.56 bits per heavy atom. The standard InChI is InChI=1S/C11H16BrN3O/c1-7(2)13-11-14-9(4)5-10(15-11)16-6-8(3)12/h5,7H,3,6H2,1-2,4H3,(H,13,14,15). The largest absolute Gasteiger partial charge is 0.472 e. The van der Waals surface area contributed by atoms with Crippen molar-refractivity contribution in [1.82, 2.24) is 9.97 Å². The van der Waals surface area contributed by atoms with E-state index in [4.69, 9.17) is 4.74 Å². The SMILES string of the molecule is C=C(Br)COc1cc(C)nc(NC(C)C)n1. The van der Waals surface area contributed by atoms with E-state index in [2.05, 4.69) is 37.8 Å². The predicted octanol–water partition coefficient (Wildman–Crippen LogP) is 2.89. The van der Waals surface area contributed by atoms with Crippen LogP contribution in [0.5, 0.6) is 5.88 Å². The molecule has 0 bridgehead atoms. The van der Waals surface area contributed by atoms with Crippen LogP contribution in [0.2, 0.25) is 0 Å². The van der Waals surface area contributed by atoms with Gasteiger partial charge in [0.05, 0.1) is 0 Å². The number of hydrogen-bond donors (Lipinski definition) is 1. The molecule has 0 amide bonds. The first-order chi connectivity index (χ1) is 7.47. The number of rotatable bonds is 5. The summed E-state index contributed by atoms with van der Waals surface area (Å²) in [4.78, 5) is 8.50. The number of aromatic nitrogens is 2. The van der Waals surface area contributed by atoms with E-state index in [1.165, 1.54) is 0 Å². The quantitative estimate of drug-likeness (QED) is 0.904. The summed E-state index contributed by atoms with van der Waals surface area (Å²) < 4.78 is 6.21. The number of nitrogens with zero attached hydrogens (tertiary/aromatic N) is 2. The summed E-state index contributed by atoms with van der Waals surface area (Å²) in [5, 5.41) is 3.14. The van der Waals surface area contributed by atoms with E-state index in [1.807, 2.05) is 20.8 Å². The highest BCUT2D eigenvalue weighted by Crippen LogP contribution is 2.14. The van der Waals surface area contributed by atoms with Crippen LogP contribution in [0.15, 0.2) is 17.1 Å². The molecule has 0 fully saturated rings. The zero-order chi connectivity index (χ0) is 12.1. The van der Waals surface area contributed by atoms with Gasteiger partial charge in [-0.3, -0.25) is 0 Å². The number of nitrogens with one attached hydrogen (secondary N) is 1. The average molecular weight is 286 g/mol. The van der Waals surface area contributed by atoms with Gasteiger partial charge < -0.3 is 10.1 Å². The van der Waals surface area contributed by atoms with E-state index in [9.17, 15) is 0 Å². The Kier molecular flexibility index (Phi) is 4.73. The highest BCUT2D eigenvalue weighted by Gasteiger charge is 2.04. The van der Waals surface area contributed by atoms with Crippen LogP contribution in [0.25, 0.3) is 0 Å². The molecule has 1 heterocycles. The van der Waals surface area contributed by atoms with Crippen molar-refractivity contribution in [1.29, 1.82) is 0 Å². The van der Waals surface area contributed by atoms with Gasteiger partial charge in [0, 0.05) is 22.3 Å². The second-order valence-corrected chi connectivity index (χ2v) is 4.90. The lowest BCUT2D eigenvalue weighted by molar-refractivity contribution is 0.346. The first-order valence-corrected chi connectivity index (χ1v) is 5.85. The van der Waals surface area contributed by atoms with Crippen molar-refractivity contribution >= 4 is 21.9 Å². The molecule has 0 aromatic carbocycles. The maximum Gasteiger partial charge on any atom is 0.226 e. The lowest BCUT2D eigenvalue weighted by Gasteiger charge is -2.10. The molecule has 1 N–H and O–H groups in total. The molecular formula is C11H16BrN3O. The molecule has 5 heteroatoms. The van der Waals surface area contributed by atoms with Crippen molar-refractivity contribution in [3.63, 3.8) is 0 Å². The molecule has 0 spiro atoms. The van der Waals surface area contributed by atoms with Crippen LogP contribution in [0.4, 0.5) is 5.95 Å². The molecule has 1 aromatic rings. The summed E-state index contributed by atoms with van der Waals surface area (Å²) in [6.45, 7) is 10.1. The minimum Gasteiger partial charge on any atom is -0.472 e. The van der Waals surface area contributed by atoms with Crippen molar-refractivity contribution in [3.8, 4) is 5.88 Å². The molecule has 0 saturated heterocycles. The Morgan fingerprint density at radius 2 is 2.25 bits per heavy atom. The topological polar surface area (TPSA) is 47.0 Å². The van der Waals surface area contributed by atoms with E-state index in [0.717, 1.165) is 10.2 Å². The van der Waals surface area contributed by atoms with E-state index in [0.29, 0.717) is 24.5 Å². The summed E-state index contributed by atoms with van der Waals surface area (Å²) in [6, 6.07) is 2.09. The third-order valence-electron chi connectivity index (χ3n) is 1.63. The molecule has 88 valence electrons. The minimum absolute atomic E-state index is 0.292. The van der Waals surface area contributed by atoms with Crippen LogP contribution < -0.4 is 10.1 Å². The second kappa shape index (κ2) is 5.84. The van der Waals surface area contributed by atoms with Crippen LogP contribution in [0.3, 0.4) is 0 Å². The zero-order valence-electron chi connectivity index (χ0n) is 9.75. The summed E-state index contributed by atoms with van der Waals surface area (Å²) in [5.41, 5.74) is 0.869. The second-order valence-electron chi connectivity index (χ2n) is 3.78. The Labute approximate surface area is 104 Å². The third kappa shape index (κ3) is 4.61. The van der Waals surface area contributed by atoms with E-state index in [-0.39, 0.29) is 0 Å². The van der Waals surface area contributed by atoms with E-state index < -0.39 is 0 Å². The Hall–Kier alpha value is -1.10. The first-order valence-electron chi connectivity index (χ1n) is 5.05. The van der Waals surface area contributed by atoms with Gasteiger partial charge in [-0.2, -0.15) is 4.98 Å².